The minimum atomic E-state index is -0.177. The van der Waals surface area contributed by atoms with Gasteiger partial charge in [-0.2, -0.15) is 0 Å². The van der Waals surface area contributed by atoms with Crippen molar-refractivity contribution in [3.8, 4) is 0 Å². The molecular formula is C14H24N2O2. The number of carbonyl (C=O) groups excluding carboxylic acids is 2. The fourth-order valence-electron chi connectivity index (χ4n) is 3.10. The molecule has 102 valence electrons. The van der Waals surface area contributed by atoms with Crippen LogP contribution in [0.2, 0.25) is 0 Å². The molecule has 2 amide bonds. The number of piperidine rings is 2. The minimum Gasteiger partial charge on any atom is -0.341 e. The van der Waals surface area contributed by atoms with Gasteiger partial charge in [0.25, 0.3) is 0 Å². The summed E-state index contributed by atoms with van der Waals surface area (Å²) < 4.78 is 0. The highest BCUT2D eigenvalue weighted by molar-refractivity contribution is 5.88. The highest BCUT2D eigenvalue weighted by atomic mass is 16.2. The third-order valence-corrected chi connectivity index (χ3v) is 4.07. The highest BCUT2D eigenvalue weighted by Crippen LogP contribution is 2.30. The fraction of sp³-hybridized carbons (Fsp3) is 0.857. The smallest absolute Gasteiger partial charge is 0.245 e. The van der Waals surface area contributed by atoms with E-state index in [1.165, 1.54) is 0 Å². The lowest BCUT2D eigenvalue weighted by atomic mass is 9.85. The maximum Gasteiger partial charge on any atom is 0.245 e. The zero-order chi connectivity index (χ0) is 13.3. The molecule has 2 fully saturated rings. The predicted molar refractivity (Wildman–Crippen MR) is 69.9 cm³/mol. The SMILES string of the molecule is CCN1C[C@H]2CCN(C(=O)CC(C)C)[C@H](C2)C1=O. The molecule has 2 bridgehead atoms. The van der Waals surface area contributed by atoms with Crippen LogP contribution in [0.15, 0.2) is 0 Å². The van der Waals surface area contributed by atoms with E-state index < -0.39 is 0 Å². The first-order valence-electron chi connectivity index (χ1n) is 7.11. The van der Waals surface area contributed by atoms with Crippen molar-refractivity contribution in [2.24, 2.45) is 11.8 Å². The number of likely N-dealkylation sites (N-methyl/N-ethyl adjacent to an activating group) is 1. The molecule has 2 atom stereocenters. The van der Waals surface area contributed by atoms with Crippen LogP contribution < -0.4 is 0 Å². The van der Waals surface area contributed by atoms with Crippen LogP contribution in [0, 0.1) is 11.8 Å². The molecule has 0 aromatic rings. The normalized spacial score (nSPS) is 27.9. The maximum atomic E-state index is 12.3. The molecule has 0 radical (unpaired) electrons. The number of amides is 2. The number of hydrogen-bond donors (Lipinski definition) is 0. The molecular weight excluding hydrogens is 228 g/mol. The Bertz CT molecular complexity index is 341. The van der Waals surface area contributed by atoms with Gasteiger partial charge in [0, 0.05) is 26.1 Å². The van der Waals surface area contributed by atoms with Crippen LogP contribution in [0.3, 0.4) is 0 Å². The van der Waals surface area contributed by atoms with Gasteiger partial charge in [-0.1, -0.05) is 13.8 Å². The van der Waals surface area contributed by atoms with Crippen molar-refractivity contribution in [3.63, 3.8) is 0 Å². The molecule has 2 heterocycles. The molecule has 4 nitrogen and oxygen atoms in total. The minimum absolute atomic E-state index is 0.153. The first-order valence-corrected chi connectivity index (χ1v) is 7.11. The molecule has 0 aliphatic carbocycles. The summed E-state index contributed by atoms with van der Waals surface area (Å²) >= 11 is 0. The van der Waals surface area contributed by atoms with Crippen LogP contribution in [0.25, 0.3) is 0 Å². The Morgan fingerprint density at radius 2 is 2.17 bits per heavy atom. The number of carbonyl (C=O) groups is 2. The quantitative estimate of drug-likeness (QED) is 0.764. The first kappa shape index (κ1) is 13.4. The lowest BCUT2D eigenvalue weighted by molar-refractivity contribution is -0.154. The third-order valence-electron chi connectivity index (χ3n) is 4.07. The van der Waals surface area contributed by atoms with Crippen LogP contribution in [0.4, 0.5) is 0 Å². The standard InChI is InChI=1S/C14H24N2O2/c1-4-15-9-11-5-6-16(12(8-11)14(15)18)13(17)7-10(2)3/h10-12H,4-9H2,1-3H3/t11-,12+/m0/s1. The van der Waals surface area contributed by atoms with Crippen molar-refractivity contribution in [3.05, 3.63) is 0 Å². The molecule has 0 aromatic heterocycles. The molecule has 18 heavy (non-hydrogen) atoms. The van der Waals surface area contributed by atoms with Crippen LogP contribution in [-0.4, -0.2) is 47.3 Å². The van der Waals surface area contributed by atoms with E-state index >= 15 is 0 Å². The second-order valence-electron chi connectivity index (χ2n) is 5.97. The summed E-state index contributed by atoms with van der Waals surface area (Å²) in [5.41, 5.74) is 0. The van der Waals surface area contributed by atoms with Crippen LogP contribution >= 0.6 is 0 Å². The molecule has 2 rings (SSSR count). The average Bonchev–Trinajstić information content (AvgIpc) is 2.33. The summed E-state index contributed by atoms with van der Waals surface area (Å²) in [6, 6.07) is -0.177. The molecule has 4 heteroatoms. The third kappa shape index (κ3) is 2.52. The van der Waals surface area contributed by atoms with E-state index in [0.717, 1.165) is 32.5 Å². The lowest BCUT2D eigenvalue weighted by Gasteiger charge is -2.46. The Labute approximate surface area is 109 Å². The lowest BCUT2D eigenvalue weighted by Crippen LogP contribution is -2.60. The molecule has 2 aliphatic rings. The van der Waals surface area contributed by atoms with Crippen molar-refractivity contribution in [2.45, 2.75) is 46.1 Å². The van der Waals surface area contributed by atoms with Crippen molar-refractivity contribution in [1.29, 1.82) is 0 Å². The number of hydrogen-bond acceptors (Lipinski definition) is 2. The molecule has 2 saturated heterocycles. The summed E-state index contributed by atoms with van der Waals surface area (Å²) in [5, 5.41) is 0. The van der Waals surface area contributed by atoms with Gasteiger partial charge in [0.1, 0.15) is 6.04 Å². The number of rotatable bonds is 3. The molecule has 2 aliphatic heterocycles. The summed E-state index contributed by atoms with van der Waals surface area (Å²) in [6.07, 6.45) is 2.48. The number of fused-ring (bicyclic) bond motifs is 2. The van der Waals surface area contributed by atoms with E-state index in [-0.39, 0.29) is 17.9 Å². The van der Waals surface area contributed by atoms with Crippen molar-refractivity contribution in [1.82, 2.24) is 9.80 Å². The van der Waals surface area contributed by atoms with Gasteiger partial charge in [0.2, 0.25) is 11.8 Å². The summed E-state index contributed by atoms with van der Waals surface area (Å²) in [4.78, 5) is 28.2. The Kier molecular flexibility index (Phi) is 3.93. The largest absolute Gasteiger partial charge is 0.341 e. The Hall–Kier alpha value is -1.06. The van der Waals surface area contributed by atoms with Crippen LogP contribution in [-0.2, 0) is 9.59 Å². The van der Waals surface area contributed by atoms with E-state index in [0.29, 0.717) is 18.3 Å². The Balaban J connectivity index is 2.09. The molecule has 0 spiro atoms. The van der Waals surface area contributed by atoms with Gasteiger partial charge in [0.15, 0.2) is 0 Å². The van der Waals surface area contributed by atoms with E-state index in [2.05, 4.69) is 0 Å². The topological polar surface area (TPSA) is 40.6 Å². The molecule has 0 N–H and O–H groups in total. The number of likely N-dealkylation sites (tertiary alicyclic amines) is 2. The number of nitrogens with zero attached hydrogens (tertiary/aromatic N) is 2. The molecule has 0 unspecified atom stereocenters. The van der Waals surface area contributed by atoms with Gasteiger partial charge in [-0.05, 0) is 31.6 Å². The summed E-state index contributed by atoms with van der Waals surface area (Å²) in [7, 11) is 0. The highest BCUT2D eigenvalue weighted by Gasteiger charge is 2.42. The zero-order valence-electron chi connectivity index (χ0n) is 11.7. The van der Waals surface area contributed by atoms with Gasteiger partial charge >= 0.3 is 0 Å². The molecule has 0 aromatic carbocycles. The second kappa shape index (κ2) is 5.29. The zero-order valence-corrected chi connectivity index (χ0v) is 11.7. The Morgan fingerprint density at radius 3 is 2.78 bits per heavy atom. The average molecular weight is 252 g/mol. The van der Waals surface area contributed by atoms with Crippen molar-refractivity contribution >= 4 is 11.8 Å². The van der Waals surface area contributed by atoms with Gasteiger partial charge in [-0.15, -0.1) is 0 Å². The van der Waals surface area contributed by atoms with E-state index in [1.54, 1.807) is 0 Å². The predicted octanol–water partition coefficient (Wildman–Crippen LogP) is 1.50. The Morgan fingerprint density at radius 1 is 1.44 bits per heavy atom. The summed E-state index contributed by atoms with van der Waals surface area (Å²) in [5.74, 6) is 1.26. The van der Waals surface area contributed by atoms with E-state index in [4.69, 9.17) is 0 Å². The van der Waals surface area contributed by atoms with Gasteiger partial charge in [-0.25, -0.2) is 0 Å². The van der Waals surface area contributed by atoms with Crippen molar-refractivity contribution in [2.75, 3.05) is 19.6 Å². The fourth-order valence-corrected chi connectivity index (χ4v) is 3.10. The summed E-state index contributed by atoms with van der Waals surface area (Å²) in [6.45, 7) is 8.52. The van der Waals surface area contributed by atoms with Gasteiger partial charge in [0.05, 0.1) is 0 Å². The maximum absolute atomic E-state index is 12.3. The van der Waals surface area contributed by atoms with E-state index in [1.807, 2.05) is 30.6 Å². The molecule has 0 saturated carbocycles. The second-order valence-corrected chi connectivity index (χ2v) is 5.97. The van der Waals surface area contributed by atoms with Gasteiger partial charge < -0.3 is 9.80 Å². The monoisotopic (exact) mass is 252 g/mol. The van der Waals surface area contributed by atoms with Crippen molar-refractivity contribution < 1.29 is 9.59 Å². The van der Waals surface area contributed by atoms with Crippen LogP contribution in [0.1, 0.15) is 40.0 Å². The first-order chi connectivity index (χ1) is 8.52. The van der Waals surface area contributed by atoms with Crippen LogP contribution in [0.5, 0.6) is 0 Å². The van der Waals surface area contributed by atoms with Gasteiger partial charge in [-0.3, -0.25) is 9.59 Å². The van der Waals surface area contributed by atoms with E-state index in [9.17, 15) is 9.59 Å².